The van der Waals surface area contributed by atoms with Gasteiger partial charge in [0.15, 0.2) is 11.5 Å². The topological polar surface area (TPSA) is 83.0 Å². The number of carbonyl (C=O) groups excluding carboxylic acids is 1. The fourth-order valence-corrected chi connectivity index (χ4v) is 1.65. The summed E-state index contributed by atoms with van der Waals surface area (Å²) in [6, 6.07) is 13.5. The summed E-state index contributed by atoms with van der Waals surface area (Å²) in [5.74, 6) is 0.307. The van der Waals surface area contributed by atoms with Crippen LogP contribution in [0.1, 0.15) is 5.56 Å². The first-order chi connectivity index (χ1) is 10.2. The predicted molar refractivity (Wildman–Crippen MR) is 80.8 cm³/mol. The number of carbonyl (C=O) groups is 1. The number of hydrogen-bond acceptors (Lipinski definition) is 4. The largest absolute Gasteiger partial charge is 0.504 e. The van der Waals surface area contributed by atoms with Gasteiger partial charge in [-0.3, -0.25) is 0 Å². The van der Waals surface area contributed by atoms with Crippen LogP contribution in [-0.2, 0) is 0 Å². The third-order valence-corrected chi connectivity index (χ3v) is 2.65. The molecule has 2 amide bonds. The number of hydrazone groups is 1. The van der Waals surface area contributed by atoms with Crippen LogP contribution < -0.4 is 15.5 Å². The summed E-state index contributed by atoms with van der Waals surface area (Å²) in [6.45, 7) is 0. The molecule has 0 aliphatic heterocycles. The van der Waals surface area contributed by atoms with Gasteiger partial charge in [0.1, 0.15) is 0 Å². The van der Waals surface area contributed by atoms with Gasteiger partial charge in [0.25, 0.3) is 0 Å². The van der Waals surface area contributed by atoms with E-state index in [1.165, 1.54) is 13.3 Å². The number of aromatic hydroxyl groups is 1. The lowest BCUT2D eigenvalue weighted by Crippen LogP contribution is -2.24. The maximum absolute atomic E-state index is 11.6. The van der Waals surface area contributed by atoms with Crippen LogP contribution in [0.2, 0.25) is 0 Å². The first kappa shape index (κ1) is 14.4. The van der Waals surface area contributed by atoms with Crippen LogP contribution in [0.15, 0.2) is 53.6 Å². The number of urea groups is 1. The van der Waals surface area contributed by atoms with Gasteiger partial charge < -0.3 is 15.2 Å². The van der Waals surface area contributed by atoms with Crippen molar-refractivity contribution in [2.75, 3.05) is 12.4 Å². The molecule has 6 nitrogen and oxygen atoms in total. The molecule has 2 aromatic carbocycles. The van der Waals surface area contributed by atoms with Crippen LogP contribution in [0, 0.1) is 0 Å². The Kier molecular flexibility index (Phi) is 4.76. The van der Waals surface area contributed by atoms with Crippen LogP contribution in [-0.4, -0.2) is 24.5 Å². The zero-order valence-electron chi connectivity index (χ0n) is 11.4. The normalized spacial score (nSPS) is 10.3. The number of nitrogens with zero attached hydrogens (tertiary/aromatic N) is 1. The van der Waals surface area contributed by atoms with E-state index in [9.17, 15) is 9.90 Å². The molecule has 2 aromatic rings. The number of ether oxygens (including phenoxy) is 1. The van der Waals surface area contributed by atoms with Crippen LogP contribution >= 0.6 is 0 Å². The average Bonchev–Trinajstić information content (AvgIpc) is 2.50. The van der Waals surface area contributed by atoms with Crippen molar-refractivity contribution in [1.82, 2.24) is 5.43 Å². The quantitative estimate of drug-likeness (QED) is 0.596. The van der Waals surface area contributed by atoms with Crippen molar-refractivity contribution in [3.05, 3.63) is 54.1 Å². The van der Waals surface area contributed by atoms with Gasteiger partial charge in [-0.1, -0.05) is 24.3 Å². The van der Waals surface area contributed by atoms with E-state index < -0.39 is 6.03 Å². The Hall–Kier alpha value is -3.02. The molecule has 0 atom stereocenters. The predicted octanol–water partition coefficient (Wildman–Crippen LogP) is 2.56. The highest BCUT2D eigenvalue weighted by Crippen LogP contribution is 2.27. The molecule has 3 N–H and O–H groups in total. The molecule has 0 heterocycles. The molecule has 0 aliphatic carbocycles. The second-order valence-electron chi connectivity index (χ2n) is 4.09. The van der Waals surface area contributed by atoms with Crippen molar-refractivity contribution in [3.63, 3.8) is 0 Å². The number of rotatable bonds is 4. The van der Waals surface area contributed by atoms with Crippen molar-refractivity contribution in [1.29, 1.82) is 0 Å². The SMILES string of the molecule is COc1cccc(C=NNC(=O)Nc2ccccc2)c1O. The summed E-state index contributed by atoms with van der Waals surface area (Å²) in [6.07, 6.45) is 1.34. The summed E-state index contributed by atoms with van der Waals surface area (Å²) in [4.78, 5) is 11.6. The monoisotopic (exact) mass is 285 g/mol. The average molecular weight is 285 g/mol. The number of phenols is 1. The highest BCUT2D eigenvalue weighted by Gasteiger charge is 2.05. The summed E-state index contributed by atoms with van der Waals surface area (Å²) in [7, 11) is 1.46. The Morgan fingerprint density at radius 2 is 1.95 bits per heavy atom. The summed E-state index contributed by atoms with van der Waals surface area (Å²) in [5.41, 5.74) is 3.41. The van der Waals surface area contributed by atoms with E-state index in [1.807, 2.05) is 18.2 Å². The Balaban J connectivity index is 1.95. The summed E-state index contributed by atoms with van der Waals surface area (Å²) < 4.78 is 4.98. The number of anilines is 1. The van der Waals surface area contributed by atoms with Crippen molar-refractivity contribution in [3.8, 4) is 11.5 Å². The first-order valence-corrected chi connectivity index (χ1v) is 6.22. The van der Waals surface area contributed by atoms with Gasteiger partial charge >= 0.3 is 6.03 Å². The minimum absolute atomic E-state index is 0.0333. The van der Waals surface area contributed by atoms with Crippen molar-refractivity contribution in [2.45, 2.75) is 0 Å². The lowest BCUT2D eigenvalue weighted by Gasteiger charge is -2.05. The zero-order chi connectivity index (χ0) is 15.1. The fourth-order valence-electron chi connectivity index (χ4n) is 1.65. The minimum atomic E-state index is -0.472. The lowest BCUT2D eigenvalue weighted by atomic mass is 10.2. The molecule has 21 heavy (non-hydrogen) atoms. The van der Waals surface area contributed by atoms with E-state index >= 15 is 0 Å². The smallest absolute Gasteiger partial charge is 0.339 e. The fraction of sp³-hybridized carbons (Fsp3) is 0.0667. The third kappa shape index (κ3) is 3.97. The molecule has 2 rings (SSSR count). The molecule has 0 radical (unpaired) electrons. The van der Waals surface area contributed by atoms with E-state index in [4.69, 9.17) is 4.74 Å². The highest BCUT2D eigenvalue weighted by molar-refractivity contribution is 5.91. The second-order valence-corrected chi connectivity index (χ2v) is 4.09. The number of amides is 2. The number of methoxy groups -OCH3 is 1. The van der Waals surface area contributed by atoms with E-state index in [0.717, 1.165) is 0 Å². The first-order valence-electron chi connectivity index (χ1n) is 6.22. The highest BCUT2D eigenvalue weighted by atomic mass is 16.5. The standard InChI is InChI=1S/C15H15N3O3/c1-21-13-9-5-6-11(14(13)19)10-16-18-15(20)17-12-7-3-2-4-8-12/h2-10,19H,1H3,(H2,17,18,20). The number of hydrogen-bond donors (Lipinski definition) is 3. The molecule has 0 aliphatic rings. The molecule has 0 fully saturated rings. The Morgan fingerprint density at radius 1 is 1.19 bits per heavy atom. The van der Waals surface area contributed by atoms with Crippen LogP contribution in [0.3, 0.4) is 0 Å². The Morgan fingerprint density at radius 3 is 2.67 bits per heavy atom. The number of phenolic OH excluding ortho intramolecular Hbond substituents is 1. The minimum Gasteiger partial charge on any atom is -0.504 e. The van der Waals surface area contributed by atoms with Gasteiger partial charge in [0.05, 0.1) is 13.3 Å². The third-order valence-electron chi connectivity index (χ3n) is 2.65. The van der Waals surface area contributed by atoms with Gasteiger partial charge in [-0.25, -0.2) is 10.2 Å². The Labute approximate surface area is 122 Å². The van der Waals surface area contributed by atoms with E-state index in [1.54, 1.807) is 30.3 Å². The number of nitrogens with one attached hydrogen (secondary N) is 2. The van der Waals surface area contributed by atoms with Crippen LogP contribution in [0.4, 0.5) is 10.5 Å². The maximum atomic E-state index is 11.6. The van der Waals surface area contributed by atoms with E-state index in [2.05, 4.69) is 15.8 Å². The molecular weight excluding hydrogens is 270 g/mol. The molecule has 6 heteroatoms. The van der Waals surface area contributed by atoms with Crippen molar-refractivity contribution < 1.29 is 14.6 Å². The van der Waals surface area contributed by atoms with Gasteiger partial charge in [-0.05, 0) is 24.3 Å². The molecule has 0 saturated heterocycles. The van der Waals surface area contributed by atoms with Crippen LogP contribution in [0.25, 0.3) is 0 Å². The molecular formula is C15H15N3O3. The molecule has 0 spiro atoms. The molecule has 0 saturated carbocycles. The maximum Gasteiger partial charge on any atom is 0.339 e. The Bertz CT molecular complexity index is 642. The molecule has 0 bridgehead atoms. The number of benzene rings is 2. The summed E-state index contributed by atoms with van der Waals surface area (Å²) >= 11 is 0. The van der Waals surface area contributed by atoms with Gasteiger partial charge in [-0.2, -0.15) is 5.10 Å². The number of para-hydroxylation sites is 2. The van der Waals surface area contributed by atoms with Gasteiger partial charge in [-0.15, -0.1) is 0 Å². The molecule has 0 unspecified atom stereocenters. The van der Waals surface area contributed by atoms with Crippen LogP contribution in [0.5, 0.6) is 11.5 Å². The van der Waals surface area contributed by atoms with E-state index in [-0.39, 0.29) is 5.75 Å². The molecule has 108 valence electrons. The van der Waals surface area contributed by atoms with Gasteiger partial charge in [0.2, 0.25) is 0 Å². The zero-order valence-corrected chi connectivity index (χ0v) is 11.4. The van der Waals surface area contributed by atoms with Crippen molar-refractivity contribution in [2.24, 2.45) is 5.10 Å². The second kappa shape index (κ2) is 6.95. The van der Waals surface area contributed by atoms with E-state index in [0.29, 0.717) is 17.0 Å². The summed E-state index contributed by atoms with van der Waals surface area (Å²) in [5, 5.41) is 16.2. The lowest BCUT2D eigenvalue weighted by molar-refractivity contribution is 0.252. The molecule has 0 aromatic heterocycles. The van der Waals surface area contributed by atoms with Gasteiger partial charge in [0, 0.05) is 11.3 Å². The van der Waals surface area contributed by atoms with Crippen molar-refractivity contribution >= 4 is 17.9 Å².